The summed E-state index contributed by atoms with van der Waals surface area (Å²) in [6.45, 7) is 0. The number of rotatable bonds is 6. The van der Waals surface area contributed by atoms with Crippen LogP contribution in [0.1, 0.15) is 40.0 Å². The lowest BCUT2D eigenvalue weighted by atomic mass is 9.95. The van der Waals surface area contributed by atoms with Crippen LogP contribution in [0.15, 0.2) is 35.4 Å². The number of fused-ring (bicyclic) bond motifs is 3. The van der Waals surface area contributed by atoms with Crippen molar-refractivity contribution >= 4 is 23.0 Å². The van der Waals surface area contributed by atoms with E-state index in [1.807, 2.05) is 18.2 Å². The minimum atomic E-state index is -0.265. The van der Waals surface area contributed by atoms with Crippen LogP contribution in [0.4, 0.5) is 0 Å². The maximum Gasteiger partial charge on any atom is 0.271 e. The summed E-state index contributed by atoms with van der Waals surface area (Å²) < 4.78 is 16.0. The molecular formula is C23H25N3O4. The van der Waals surface area contributed by atoms with Gasteiger partial charge in [-0.3, -0.25) is 4.79 Å². The minimum absolute atomic E-state index is 0.265. The molecule has 1 aliphatic carbocycles. The van der Waals surface area contributed by atoms with Gasteiger partial charge >= 0.3 is 0 Å². The number of hydrogen-bond acceptors (Lipinski definition) is 5. The largest absolute Gasteiger partial charge is 0.496 e. The van der Waals surface area contributed by atoms with Crippen molar-refractivity contribution in [1.82, 2.24) is 10.4 Å². The van der Waals surface area contributed by atoms with E-state index in [1.165, 1.54) is 30.3 Å². The lowest BCUT2D eigenvalue weighted by Crippen LogP contribution is -2.17. The molecular weight excluding hydrogens is 382 g/mol. The second-order valence-corrected chi connectivity index (χ2v) is 7.20. The van der Waals surface area contributed by atoms with Crippen molar-refractivity contribution in [2.24, 2.45) is 5.10 Å². The highest BCUT2D eigenvalue weighted by molar-refractivity contribution is 5.99. The van der Waals surface area contributed by atoms with E-state index in [0.29, 0.717) is 28.4 Å². The molecule has 3 aromatic rings. The average Bonchev–Trinajstić information content (AvgIpc) is 3.16. The van der Waals surface area contributed by atoms with Crippen molar-refractivity contribution in [3.8, 4) is 17.2 Å². The molecule has 0 saturated heterocycles. The Bertz CT molecular complexity index is 1120. The summed E-state index contributed by atoms with van der Waals surface area (Å²) in [6, 6.07) is 9.17. The summed E-state index contributed by atoms with van der Waals surface area (Å²) >= 11 is 0. The van der Waals surface area contributed by atoms with E-state index in [9.17, 15) is 4.79 Å². The molecule has 0 saturated carbocycles. The van der Waals surface area contributed by atoms with E-state index in [-0.39, 0.29) is 5.91 Å². The third-order valence-corrected chi connectivity index (χ3v) is 5.47. The fraction of sp³-hybridized carbons (Fsp3) is 0.304. The molecule has 0 radical (unpaired) electrons. The molecule has 0 aliphatic heterocycles. The van der Waals surface area contributed by atoms with Crippen molar-refractivity contribution in [3.05, 3.63) is 52.7 Å². The summed E-state index contributed by atoms with van der Waals surface area (Å²) in [7, 11) is 4.68. The van der Waals surface area contributed by atoms with Gasteiger partial charge in [-0.05, 0) is 55.5 Å². The molecule has 2 aromatic carbocycles. The maximum atomic E-state index is 12.6. The van der Waals surface area contributed by atoms with E-state index in [4.69, 9.17) is 14.2 Å². The second-order valence-electron chi connectivity index (χ2n) is 7.20. The van der Waals surface area contributed by atoms with Crippen molar-refractivity contribution in [2.75, 3.05) is 21.3 Å². The normalized spacial score (nSPS) is 13.3. The van der Waals surface area contributed by atoms with Gasteiger partial charge < -0.3 is 19.2 Å². The number of aromatic nitrogens is 1. The number of nitrogens with zero attached hydrogens (tertiary/aromatic N) is 1. The van der Waals surface area contributed by atoms with Crippen LogP contribution in [-0.2, 0) is 12.8 Å². The molecule has 0 fully saturated rings. The Balaban J connectivity index is 1.54. The number of methoxy groups -OCH3 is 3. The van der Waals surface area contributed by atoms with Gasteiger partial charge in [-0.25, -0.2) is 5.43 Å². The zero-order chi connectivity index (χ0) is 21.1. The number of H-pyrrole nitrogens is 1. The van der Waals surface area contributed by atoms with Crippen LogP contribution in [0.25, 0.3) is 10.9 Å². The summed E-state index contributed by atoms with van der Waals surface area (Å²) in [4.78, 5) is 16.1. The summed E-state index contributed by atoms with van der Waals surface area (Å²) in [5.74, 6) is 1.40. The highest BCUT2D eigenvalue weighted by Crippen LogP contribution is 2.34. The number of hydrogen-bond donors (Lipinski definition) is 2. The average molecular weight is 407 g/mol. The van der Waals surface area contributed by atoms with Crippen molar-refractivity contribution in [1.29, 1.82) is 0 Å². The van der Waals surface area contributed by atoms with Crippen molar-refractivity contribution in [3.63, 3.8) is 0 Å². The van der Waals surface area contributed by atoms with Gasteiger partial charge in [-0.15, -0.1) is 0 Å². The topological polar surface area (TPSA) is 84.9 Å². The van der Waals surface area contributed by atoms with Gasteiger partial charge in [-0.1, -0.05) is 0 Å². The molecule has 0 unspecified atom stereocenters. The second kappa shape index (κ2) is 8.49. The number of benzene rings is 2. The third kappa shape index (κ3) is 3.70. The first-order chi connectivity index (χ1) is 14.6. The van der Waals surface area contributed by atoms with Gasteiger partial charge in [0.15, 0.2) is 11.5 Å². The maximum absolute atomic E-state index is 12.6. The fourth-order valence-corrected chi connectivity index (χ4v) is 3.93. The highest BCUT2D eigenvalue weighted by Gasteiger charge is 2.17. The molecule has 2 N–H and O–H groups in total. The molecule has 0 bridgehead atoms. The monoisotopic (exact) mass is 407 g/mol. The zero-order valence-corrected chi connectivity index (χ0v) is 17.4. The lowest BCUT2D eigenvalue weighted by Gasteiger charge is -2.11. The van der Waals surface area contributed by atoms with Gasteiger partial charge in [0.05, 0.1) is 27.5 Å². The number of amides is 1. The number of carbonyl (C=O) groups is 1. The van der Waals surface area contributed by atoms with Gasteiger partial charge in [0.2, 0.25) is 0 Å². The Labute approximate surface area is 175 Å². The van der Waals surface area contributed by atoms with Gasteiger partial charge in [0.1, 0.15) is 5.75 Å². The number of ether oxygens (including phenoxy) is 3. The van der Waals surface area contributed by atoms with Crippen LogP contribution in [0, 0.1) is 0 Å². The highest BCUT2D eigenvalue weighted by atomic mass is 16.5. The van der Waals surface area contributed by atoms with Crippen LogP contribution >= 0.6 is 0 Å². The number of nitrogens with one attached hydrogen (secondary N) is 2. The van der Waals surface area contributed by atoms with E-state index >= 15 is 0 Å². The smallest absolute Gasteiger partial charge is 0.271 e. The van der Waals surface area contributed by atoms with Gasteiger partial charge in [0, 0.05) is 33.8 Å². The summed E-state index contributed by atoms with van der Waals surface area (Å²) in [5, 5.41) is 5.23. The van der Waals surface area contributed by atoms with Crippen LogP contribution in [-0.4, -0.2) is 38.4 Å². The fourth-order valence-electron chi connectivity index (χ4n) is 3.93. The Hall–Kier alpha value is -3.48. The molecule has 1 aliphatic rings. The molecule has 0 spiro atoms. The molecule has 30 heavy (non-hydrogen) atoms. The van der Waals surface area contributed by atoms with Crippen molar-refractivity contribution < 1.29 is 19.0 Å². The van der Waals surface area contributed by atoms with Crippen molar-refractivity contribution in [2.45, 2.75) is 25.7 Å². The van der Waals surface area contributed by atoms with E-state index < -0.39 is 0 Å². The molecule has 7 heteroatoms. The molecule has 4 rings (SSSR count). The Morgan fingerprint density at radius 2 is 1.73 bits per heavy atom. The summed E-state index contributed by atoms with van der Waals surface area (Å²) in [5.41, 5.74) is 7.54. The molecule has 7 nitrogen and oxygen atoms in total. The molecule has 1 heterocycles. The first kappa shape index (κ1) is 19.8. The van der Waals surface area contributed by atoms with Crippen LogP contribution in [0.3, 0.4) is 0 Å². The van der Waals surface area contributed by atoms with E-state index in [0.717, 1.165) is 23.7 Å². The van der Waals surface area contributed by atoms with Crippen LogP contribution in [0.2, 0.25) is 0 Å². The summed E-state index contributed by atoms with van der Waals surface area (Å²) in [6.07, 6.45) is 6.05. The number of hydrazone groups is 1. The molecule has 156 valence electrons. The molecule has 1 amide bonds. The Morgan fingerprint density at radius 3 is 2.50 bits per heavy atom. The van der Waals surface area contributed by atoms with Crippen LogP contribution in [0.5, 0.6) is 17.2 Å². The third-order valence-electron chi connectivity index (χ3n) is 5.47. The molecule has 0 atom stereocenters. The van der Waals surface area contributed by atoms with Crippen LogP contribution < -0.4 is 19.6 Å². The minimum Gasteiger partial charge on any atom is -0.496 e. The number of aryl methyl sites for hydroxylation is 2. The Kier molecular flexibility index (Phi) is 5.61. The first-order valence-electron chi connectivity index (χ1n) is 9.91. The quantitative estimate of drug-likeness (QED) is 0.480. The Morgan fingerprint density at radius 1 is 1.00 bits per heavy atom. The van der Waals surface area contributed by atoms with E-state index in [2.05, 4.69) is 15.5 Å². The standard InChI is InChI=1S/C23H25N3O4/c1-28-20-12-22(30-3)21(29-2)11-15(20)13-24-26-23(27)14-8-9-19-17(10-14)16-6-4-5-7-18(16)25-19/h8-13,25H,4-7H2,1-3H3,(H,26,27)/b24-13-. The van der Waals surface area contributed by atoms with Gasteiger partial charge in [0.25, 0.3) is 5.91 Å². The first-order valence-corrected chi connectivity index (χ1v) is 9.91. The number of aromatic amines is 1. The zero-order valence-electron chi connectivity index (χ0n) is 17.4. The SMILES string of the molecule is COc1cc(OC)c(OC)cc1/C=N\NC(=O)c1ccc2[nH]c3c(c2c1)CCCC3. The number of carbonyl (C=O) groups excluding carboxylic acids is 1. The van der Waals surface area contributed by atoms with E-state index in [1.54, 1.807) is 33.5 Å². The lowest BCUT2D eigenvalue weighted by molar-refractivity contribution is 0.0955. The predicted octanol–water partition coefficient (Wildman–Crippen LogP) is 3.84. The predicted molar refractivity (Wildman–Crippen MR) is 116 cm³/mol. The van der Waals surface area contributed by atoms with Gasteiger partial charge in [-0.2, -0.15) is 5.10 Å². The molecule has 1 aromatic heterocycles.